The molecule has 0 radical (unpaired) electrons. The Morgan fingerprint density at radius 3 is 2.03 bits per heavy atom. The van der Waals surface area contributed by atoms with Gasteiger partial charge in [0.25, 0.3) is 5.91 Å². The molecule has 0 aromatic heterocycles. The SMILES string of the molecule is C[C@H](NC(=O)CCN=[N+]=[N-])C(=O)N[C@H](CCCN=C(N)N)C(=O)NCC(=O)NCCCCCC(=O)N[C@@H](CCCCNC(=O)c1ccc(-c2c3ccc(=[N+](C)C)cc-3oc3cc(N(C)C)ccc23)c(C(=O)[O-])c1)C(=O)NCCCOCCOCCOCCCNC(=O)CCCC[C@@H]1SC[C@@H]2NC(=O)N[C@@H]21. The number of azide groups is 1. The molecule has 0 unspecified atom stereocenters. The molecule has 33 nitrogen and oxygen atoms in total. The van der Waals surface area contributed by atoms with Gasteiger partial charge in [-0.05, 0) is 119 Å². The molecule has 2 saturated heterocycles. The maximum absolute atomic E-state index is 13.7. The maximum Gasteiger partial charge on any atom is 0.315 e. The van der Waals surface area contributed by atoms with Gasteiger partial charge in [-0.1, -0.05) is 24.0 Å². The summed E-state index contributed by atoms with van der Waals surface area (Å²) in [5.41, 5.74) is 22.2. The van der Waals surface area contributed by atoms with E-state index >= 15 is 0 Å². The first-order valence-corrected chi connectivity index (χ1v) is 36.9. The van der Waals surface area contributed by atoms with Crippen molar-refractivity contribution < 1.29 is 71.7 Å². The van der Waals surface area contributed by atoms with E-state index in [2.05, 4.69) is 68.2 Å². The van der Waals surface area contributed by atoms with Gasteiger partial charge in [0.2, 0.25) is 46.7 Å². The van der Waals surface area contributed by atoms with Gasteiger partial charge in [0.05, 0.1) is 57.1 Å². The quantitative estimate of drug-likeness (QED) is 0.00342. The lowest BCUT2D eigenvalue weighted by Gasteiger charge is -2.21. The third-order valence-electron chi connectivity index (χ3n) is 17.4. The highest BCUT2D eigenvalue weighted by Gasteiger charge is 2.42. The van der Waals surface area contributed by atoms with Crippen molar-refractivity contribution in [2.75, 3.05) is 124 Å². The molecule has 14 N–H and O–H groups in total. The highest BCUT2D eigenvalue weighted by molar-refractivity contribution is 8.00. The molecule has 6 atom stereocenters. The number of hydrogen-bond donors (Lipinski definition) is 12. The molecule has 3 aliphatic heterocycles. The number of rotatable bonds is 49. The van der Waals surface area contributed by atoms with Crippen molar-refractivity contribution in [1.82, 2.24) is 57.7 Å². The maximum atomic E-state index is 13.7. The molecule has 10 amide bonds. The predicted molar refractivity (Wildman–Crippen MR) is 396 cm³/mol. The van der Waals surface area contributed by atoms with E-state index < -0.39 is 66.1 Å². The van der Waals surface area contributed by atoms with Gasteiger partial charge in [-0.3, -0.25) is 43.3 Å². The van der Waals surface area contributed by atoms with Gasteiger partial charge in [-0.25, -0.2) is 9.37 Å². The number of carbonyl (C=O) groups excluding carboxylic acids is 10. The molecule has 2 fully saturated rings. The minimum Gasteiger partial charge on any atom is -0.545 e. The van der Waals surface area contributed by atoms with E-state index in [1.54, 1.807) is 12.1 Å². The van der Waals surface area contributed by atoms with E-state index in [1.807, 2.05) is 85.8 Å². The van der Waals surface area contributed by atoms with Crippen LogP contribution in [-0.2, 0) is 47.8 Å². The van der Waals surface area contributed by atoms with E-state index in [1.165, 1.54) is 13.0 Å². The molecule has 6 rings (SSSR count). The van der Waals surface area contributed by atoms with Gasteiger partial charge in [-0.15, -0.1) is 0 Å². The highest BCUT2D eigenvalue weighted by atomic mass is 32.2. The first-order valence-electron chi connectivity index (χ1n) is 35.8. The summed E-state index contributed by atoms with van der Waals surface area (Å²) >= 11 is 1.87. The molecular weight excluding hydrogens is 1380 g/mol. The summed E-state index contributed by atoms with van der Waals surface area (Å²) in [5, 5.41) is 46.0. The Morgan fingerprint density at radius 1 is 0.676 bits per heavy atom. The number of nitrogens with zero attached hydrogens (tertiary/aromatic N) is 6. The fraction of sp³-hybridized carbons (Fsp3) is 0.577. The molecule has 105 heavy (non-hydrogen) atoms. The zero-order chi connectivity index (χ0) is 76.0. The van der Waals surface area contributed by atoms with Crippen molar-refractivity contribution in [3.8, 4) is 22.5 Å². The van der Waals surface area contributed by atoms with Gasteiger partial charge < -0.3 is 98.1 Å². The Kier molecular flexibility index (Phi) is 36.4. The topological polar surface area (TPSA) is 474 Å². The van der Waals surface area contributed by atoms with Crippen LogP contribution in [0.5, 0.6) is 0 Å². The zero-order valence-electron chi connectivity index (χ0n) is 60.7. The Morgan fingerprint density at radius 2 is 1.31 bits per heavy atom. The minimum atomic E-state index is -1.47. The summed E-state index contributed by atoms with van der Waals surface area (Å²) in [6.45, 7) is 4.38. The normalized spacial score (nSPS) is 15.1. The number of carbonyl (C=O) groups is 10. The molecule has 574 valence electrons. The first kappa shape index (κ1) is 84.2. The van der Waals surface area contributed by atoms with Crippen LogP contribution >= 0.6 is 11.8 Å². The average Bonchev–Trinajstić information content (AvgIpc) is 1.28. The van der Waals surface area contributed by atoms with Crippen LogP contribution in [0.3, 0.4) is 0 Å². The number of carboxylic acids is 1. The van der Waals surface area contributed by atoms with Gasteiger partial charge in [-0.2, -0.15) is 11.8 Å². The molecule has 0 spiro atoms. The molecule has 4 aliphatic rings. The van der Waals surface area contributed by atoms with E-state index in [0.29, 0.717) is 136 Å². The molecule has 1 aliphatic carbocycles. The largest absolute Gasteiger partial charge is 0.545 e. The second-order valence-electron chi connectivity index (χ2n) is 26.0. The van der Waals surface area contributed by atoms with Gasteiger partial charge in [0, 0.05) is 147 Å². The Balaban J connectivity index is 0.928. The monoisotopic (exact) mass is 1480 g/mol. The third-order valence-corrected chi connectivity index (χ3v) is 18.9. The van der Waals surface area contributed by atoms with E-state index in [-0.39, 0.29) is 112 Å². The Bertz CT molecular complexity index is 3710. The van der Waals surface area contributed by atoms with Crippen LogP contribution in [0.1, 0.15) is 130 Å². The number of urea groups is 1. The van der Waals surface area contributed by atoms with Crippen molar-refractivity contribution in [3.63, 3.8) is 0 Å². The number of carboxylic acid groups (broad SMARTS) is 1. The number of nitrogens with one attached hydrogen (secondary N) is 10. The lowest BCUT2D eigenvalue weighted by molar-refractivity contribution is -0.255. The lowest BCUT2D eigenvalue weighted by atomic mass is 9.89. The zero-order valence-corrected chi connectivity index (χ0v) is 61.6. The summed E-state index contributed by atoms with van der Waals surface area (Å²) in [6, 6.07) is 13.0. The summed E-state index contributed by atoms with van der Waals surface area (Å²) in [4.78, 5) is 137. The number of benzene rings is 3. The van der Waals surface area contributed by atoms with Gasteiger partial charge in [0.15, 0.2) is 5.96 Å². The lowest BCUT2D eigenvalue weighted by Crippen LogP contribution is -2.53. The van der Waals surface area contributed by atoms with Crippen molar-refractivity contribution in [2.24, 2.45) is 21.6 Å². The second-order valence-corrected chi connectivity index (χ2v) is 27.3. The second kappa shape index (κ2) is 45.5. The molecule has 3 heterocycles. The van der Waals surface area contributed by atoms with E-state index in [9.17, 15) is 53.1 Å². The van der Waals surface area contributed by atoms with E-state index in [4.69, 9.17) is 35.6 Å². The number of anilines is 1. The molecule has 34 heteroatoms. The number of guanidine groups is 1. The fourth-order valence-electron chi connectivity index (χ4n) is 11.7. The van der Waals surface area contributed by atoms with Crippen LogP contribution in [0.15, 0.2) is 69.1 Å². The van der Waals surface area contributed by atoms with Crippen LogP contribution in [0.2, 0.25) is 0 Å². The highest BCUT2D eigenvalue weighted by Crippen LogP contribution is 2.42. The Labute approximate surface area is 615 Å². The van der Waals surface area contributed by atoms with Gasteiger partial charge in [0.1, 0.15) is 43.6 Å². The number of unbranched alkanes of at least 4 members (excludes halogenated alkanes) is 4. The summed E-state index contributed by atoms with van der Waals surface area (Å²) in [7, 11) is 7.63. The molecule has 0 saturated carbocycles. The van der Waals surface area contributed by atoms with Crippen molar-refractivity contribution in [3.05, 3.63) is 81.5 Å². The fourth-order valence-corrected chi connectivity index (χ4v) is 13.3. The van der Waals surface area contributed by atoms with E-state index in [0.717, 1.165) is 36.1 Å². The van der Waals surface area contributed by atoms with Crippen LogP contribution in [-0.4, -0.2) is 220 Å². The molecule has 0 bridgehead atoms. The third kappa shape index (κ3) is 29.4. The summed E-state index contributed by atoms with van der Waals surface area (Å²) in [6.07, 6.45) is 7.01. The van der Waals surface area contributed by atoms with Crippen molar-refractivity contribution in [2.45, 2.75) is 145 Å². The number of hydrogen-bond acceptors (Lipinski definition) is 19. The van der Waals surface area contributed by atoms with Crippen molar-refractivity contribution in [1.29, 1.82) is 0 Å². The number of amides is 10. The van der Waals surface area contributed by atoms with Crippen LogP contribution in [0, 0.1) is 0 Å². The smallest absolute Gasteiger partial charge is 0.315 e. The Hall–Kier alpha value is -9.76. The summed E-state index contributed by atoms with van der Waals surface area (Å²) in [5.74, 6) is -3.86. The number of nitrogens with two attached hydrogens (primary N) is 2. The number of ether oxygens (including phenoxy) is 3. The molecule has 2 aromatic rings. The van der Waals surface area contributed by atoms with Crippen molar-refractivity contribution >= 4 is 93.6 Å². The standard InChI is InChI=1S/C71H104N18O15S/c1-45(82-61(92)27-33-81-87-74)65(94)84-54(17-13-30-79-70(72)73)68(97)80-43-62(93)76-28-11-6-7-20-60(91)83-53(67(96)78-32-15-35-102-37-39-103-38-36-101-34-14-31-75-59(90)19-9-8-18-58-64-55(44-105-58)85-71(100)86-64)16-10-12-29-77-66(95)46-21-24-49(52(40-46)69(98)99)63-50-25-22-47(88(2)3)41-56(50)104-57-42-48(89(4)5)23-26-51(57)63/h21-26,40-42,45,53-55,58,64H,6-20,27-39,43-44H2,1-5H3,(H14-,72,73,75,76,77,78,79,80,82,83,84,85,86,90,91,92,93,94,95,96,97,98,99,100)/t45-,53-,54+,55-,58-,64-/m0/s1. The van der Waals surface area contributed by atoms with Gasteiger partial charge >= 0.3 is 6.03 Å². The predicted octanol–water partition coefficient (Wildman–Crippen LogP) is 1.38. The average molecular weight is 1480 g/mol. The van der Waals surface area contributed by atoms with Crippen LogP contribution in [0.4, 0.5) is 10.5 Å². The molecule has 2 aromatic carbocycles. The van der Waals surface area contributed by atoms with Crippen LogP contribution in [0.25, 0.3) is 43.9 Å². The number of thioether (sulfide) groups is 1. The number of fused-ring (bicyclic) bond motifs is 3. The minimum absolute atomic E-state index is 0.0154. The van der Waals surface area contributed by atoms with Crippen LogP contribution < -0.4 is 84.6 Å². The molecular formula is C71H104N18O15S. The first-order chi connectivity index (χ1) is 50.5. The summed E-state index contributed by atoms with van der Waals surface area (Å²) < 4.78 is 25.4. The number of aliphatic imine (C=N–C) groups is 1. The number of aromatic carboxylic acids is 1.